The van der Waals surface area contributed by atoms with Gasteiger partial charge in [-0.25, -0.2) is 4.39 Å². The van der Waals surface area contributed by atoms with E-state index < -0.39 is 0 Å². The van der Waals surface area contributed by atoms with E-state index in [2.05, 4.69) is 26.8 Å². The van der Waals surface area contributed by atoms with Crippen LogP contribution >= 0.6 is 35.7 Å². The third-order valence-electron chi connectivity index (χ3n) is 5.74. The maximum atomic E-state index is 13.1. The van der Waals surface area contributed by atoms with E-state index in [9.17, 15) is 9.18 Å². The SMILES string of the molecule is CN=C(NCCC(=O)N1CCN(c2ccc(F)cc2)CC1)NC1CCC(SC)C1.I. The number of guanidine groups is 1. The van der Waals surface area contributed by atoms with Gasteiger partial charge in [-0.2, -0.15) is 11.8 Å². The van der Waals surface area contributed by atoms with E-state index in [1.807, 2.05) is 16.7 Å². The van der Waals surface area contributed by atoms with Gasteiger partial charge in [-0.3, -0.25) is 9.79 Å². The van der Waals surface area contributed by atoms with Crippen LogP contribution in [0.15, 0.2) is 29.3 Å². The van der Waals surface area contributed by atoms with E-state index in [-0.39, 0.29) is 35.7 Å². The second-order valence-electron chi connectivity index (χ2n) is 7.61. The average molecular weight is 549 g/mol. The molecule has 2 atom stereocenters. The third kappa shape index (κ3) is 7.18. The van der Waals surface area contributed by atoms with Gasteiger partial charge in [0.25, 0.3) is 0 Å². The molecule has 1 amide bonds. The molecule has 1 aliphatic heterocycles. The Morgan fingerprint density at radius 2 is 1.90 bits per heavy atom. The van der Waals surface area contributed by atoms with Crippen molar-refractivity contribution in [3.63, 3.8) is 0 Å². The number of amides is 1. The van der Waals surface area contributed by atoms with Gasteiger partial charge in [-0.05, 0) is 49.8 Å². The highest BCUT2D eigenvalue weighted by atomic mass is 127. The Bertz CT molecular complexity index is 697. The summed E-state index contributed by atoms with van der Waals surface area (Å²) in [7, 11) is 1.77. The first-order chi connectivity index (χ1) is 14.1. The molecule has 2 fully saturated rings. The quantitative estimate of drug-likeness (QED) is 0.325. The lowest BCUT2D eigenvalue weighted by atomic mass is 10.2. The van der Waals surface area contributed by atoms with Crippen molar-refractivity contribution in [2.75, 3.05) is 50.9 Å². The maximum absolute atomic E-state index is 13.1. The molecule has 1 saturated carbocycles. The molecule has 9 heteroatoms. The topological polar surface area (TPSA) is 60.0 Å². The fraction of sp³-hybridized carbons (Fsp3) is 0.619. The van der Waals surface area contributed by atoms with Crippen molar-refractivity contribution < 1.29 is 9.18 Å². The van der Waals surface area contributed by atoms with E-state index >= 15 is 0 Å². The number of nitrogens with one attached hydrogen (secondary N) is 2. The van der Waals surface area contributed by atoms with E-state index in [0.717, 1.165) is 30.0 Å². The summed E-state index contributed by atoms with van der Waals surface area (Å²) in [6.45, 7) is 3.51. The molecule has 6 nitrogen and oxygen atoms in total. The van der Waals surface area contributed by atoms with Crippen LogP contribution in [-0.4, -0.2) is 74.1 Å². The minimum atomic E-state index is -0.225. The number of nitrogens with zero attached hydrogens (tertiary/aromatic N) is 3. The first kappa shape index (κ1) is 25.0. The smallest absolute Gasteiger partial charge is 0.224 e. The highest BCUT2D eigenvalue weighted by Crippen LogP contribution is 2.28. The fourth-order valence-electron chi connectivity index (χ4n) is 3.99. The zero-order chi connectivity index (χ0) is 20.6. The lowest BCUT2D eigenvalue weighted by Gasteiger charge is -2.36. The van der Waals surface area contributed by atoms with E-state index in [1.54, 1.807) is 19.2 Å². The second-order valence-corrected chi connectivity index (χ2v) is 8.74. The molecule has 2 unspecified atom stereocenters. The van der Waals surface area contributed by atoms with Crippen molar-refractivity contribution in [2.24, 2.45) is 4.99 Å². The van der Waals surface area contributed by atoms with Crippen LogP contribution in [0.25, 0.3) is 0 Å². The summed E-state index contributed by atoms with van der Waals surface area (Å²) in [6.07, 6.45) is 6.21. The predicted octanol–water partition coefficient (Wildman–Crippen LogP) is 2.93. The van der Waals surface area contributed by atoms with Gasteiger partial charge in [-0.1, -0.05) is 0 Å². The average Bonchev–Trinajstić information content (AvgIpc) is 3.21. The summed E-state index contributed by atoms with van der Waals surface area (Å²) in [4.78, 5) is 20.9. The van der Waals surface area contributed by atoms with Gasteiger partial charge in [-0.15, -0.1) is 24.0 Å². The molecule has 1 heterocycles. The van der Waals surface area contributed by atoms with Gasteiger partial charge >= 0.3 is 0 Å². The van der Waals surface area contributed by atoms with Gasteiger partial charge in [0.15, 0.2) is 5.96 Å². The summed E-state index contributed by atoms with van der Waals surface area (Å²) in [5.74, 6) is 0.720. The van der Waals surface area contributed by atoms with Gasteiger partial charge in [0.05, 0.1) is 0 Å². The zero-order valence-corrected chi connectivity index (χ0v) is 20.9. The summed E-state index contributed by atoms with van der Waals surface area (Å²) >= 11 is 1.94. The molecule has 0 spiro atoms. The number of benzene rings is 1. The third-order valence-corrected chi connectivity index (χ3v) is 6.83. The molecule has 1 aromatic carbocycles. The van der Waals surface area contributed by atoms with Gasteiger partial charge in [0.1, 0.15) is 5.82 Å². The molecule has 168 valence electrons. The number of aliphatic imine (C=N–C) groups is 1. The highest BCUT2D eigenvalue weighted by molar-refractivity contribution is 14.0. The molecule has 0 aromatic heterocycles. The molecule has 1 aromatic rings. The zero-order valence-electron chi connectivity index (χ0n) is 17.8. The molecule has 2 N–H and O–H groups in total. The highest BCUT2D eigenvalue weighted by Gasteiger charge is 2.25. The van der Waals surface area contributed by atoms with Crippen molar-refractivity contribution in [3.8, 4) is 0 Å². The van der Waals surface area contributed by atoms with Crippen molar-refractivity contribution in [1.29, 1.82) is 0 Å². The number of carbonyl (C=O) groups is 1. The predicted molar refractivity (Wildman–Crippen MR) is 135 cm³/mol. The standard InChI is InChI=1S/C21H32FN5OS.HI/c1-23-21(25-17-5-8-19(15-17)29-2)24-10-9-20(28)27-13-11-26(12-14-27)18-6-3-16(22)4-7-18;/h3-4,6-7,17,19H,5,8-15H2,1-2H3,(H2,23,24,25);1H. The first-order valence-corrected chi connectivity index (χ1v) is 11.7. The first-order valence-electron chi connectivity index (χ1n) is 10.4. The Labute approximate surface area is 200 Å². The molecular weight excluding hydrogens is 516 g/mol. The number of rotatable bonds is 6. The fourth-order valence-corrected chi connectivity index (χ4v) is 4.78. The van der Waals surface area contributed by atoms with Crippen molar-refractivity contribution in [2.45, 2.75) is 37.0 Å². The minimum absolute atomic E-state index is 0. The summed E-state index contributed by atoms with van der Waals surface area (Å²) in [5, 5.41) is 7.49. The van der Waals surface area contributed by atoms with Crippen LogP contribution in [0.2, 0.25) is 0 Å². The van der Waals surface area contributed by atoms with Crippen LogP contribution in [0.4, 0.5) is 10.1 Å². The Morgan fingerprint density at radius 3 is 2.50 bits per heavy atom. The summed E-state index contributed by atoms with van der Waals surface area (Å²) in [6, 6.07) is 7.01. The number of hydrogen-bond donors (Lipinski definition) is 2. The van der Waals surface area contributed by atoms with Crippen LogP contribution < -0.4 is 15.5 Å². The molecule has 0 radical (unpaired) electrons. The second kappa shape index (κ2) is 12.6. The number of halogens is 2. The summed E-state index contributed by atoms with van der Waals surface area (Å²) < 4.78 is 13.1. The van der Waals surface area contributed by atoms with Gasteiger partial charge < -0.3 is 20.4 Å². The molecule has 2 aliphatic rings. The molecule has 3 rings (SSSR count). The molecule has 0 bridgehead atoms. The van der Waals surface area contributed by atoms with Crippen LogP contribution in [-0.2, 0) is 4.79 Å². The molecule has 1 aliphatic carbocycles. The Balaban J connectivity index is 0.00000320. The number of anilines is 1. The van der Waals surface area contributed by atoms with Crippen molar-refractivity contribution in [3.05, 3.63) is 30.1 Å². The van der Waals surface area contributed by atoms with E-state index in [1.165, 1.54) is 31.4 Å². The number of hydrogen-bond acceptors (Lipinski definition) is 4. The Hall–Kier alpha value is -1.23. The van der Waals surface area contributed by atoms with Crippen LogP contribution in [0.3, 0.4) is 0 Å². The van der Waals surface area contributed by atoms with Crippen molar-refractivity contribution in [1.82, 2.24) is 15.5 Å². The normalized spacial score (nSPS) is 21.9. The number of carbonyl (C=O) groups excluding carboxylic acids is 1. The largest absolute Gasteiger partial charge is 0.368 e. The lowest BCUT2D eigenvalue weighted by Crippen LogP contribution is -2.49. The lowest BCUT2D eigenvalue weighted by molar-refractivity contribution is -0.131. The molecule has 1 saturated heterocycles. The molecular formula is C21H33FIN5OS. The van der Waals surface area contributed by atoms with Gasteiger partial charge in [0.2, 0.25) is 5.91 Å². The Morgan fingerprint density at radius 1 is 1.20 bits per heavy atom. The van der Waals surface area contributed by atoms with Crippen LogP contribution in [0.1, 0.15) is 25.7 Å². The van der Waals surface area contributed by atoms with Gasteiger partial charge in [0, 0.05) is 63.2 Å². The minimum Gasteiger partial charge on any atom is -0.368 e. The van der Waals surface area contributed by atoms with Crippen LogP contribution in [0.5, 0.6) is 0 Å². The number of thioether (sulfide) groups is 1. The summed E-state index contributed by atoms with van der Waals surface area (Å²) in [5.41, 5.74) is 1.01. The molecule has 30 heavy (non-hydrogen) atoms. The van der Waals surface area contributed by atoms with Crippen molar-refractivity contribution >= 4 is 53.3 Å². The monoisotopic (exact) mass is 549 g/mol. The maximum Gasteiger partial charge on any atom is 0.224 e. The van der Waals surface area contributed by atoms with Crippen LogP contribution in [0, 0.1) is 5.82 Å². The Kier molecular flexibility index (Phi) is 10.5. The van der Waals surface area contributed by atoms with E-state index in [0.29, 0.717) is 32.1 Å². The number of piperazine rings is 1. The van der Waals surface area contributed by atoms with E-state index in [4.69, 9.17) is 0 Å².